The van der Waals surface area contributed by atoms with E-state index in [1.165, 1.54) is 9.78 Å². The zero-order chi connectivity index (χ0) is 18.3. The highest BCUT2D eigenvalue weighted by Gasteiger charge is 2.45. The number of carbonyl (C=O) groups is 2. The largest absolute Gasteiger partial charge is 0.357 e. The molecule has 2 heterocycles. The third-order valence-electron chi connectivity index (χ3n) is 4.22. The number of urea groups is 1. The zero-order valence-electron chi connectivity index (χ0n) is 15.1. The Labute approximate surface area is 152 Å². The lowest BCUT2D eigenvalue weighted by molar-refractivity contribution is -0.130. The highest BCUT2D eigenvalue weighted by molar-refractivity contribution is 7.09. The first kappa shape index (κ1) is 19.2. The molecule has 1 saturated heterocycles. The van der Waals surface area contributed by atoms with Crippen LogP contribution in [-0.2, 0) is 11.3 Å². The molecule has 1 unspecified atom stereocenters. The van der Waals surface area contributed by atoms with Crippen molar-refractivity contribution in [2.24, 2.45) is 4.99 Å². The van der Waals surface area contributed by atoms with Crippen molar-refractivity contribution in [1.82, 2.24) is 20.9 Å². The molecule has 25 heavy (non-hydrogen) atoms. The van der Waals surface area contributed by atoms with Crippen molar-refractivity contribution in [3.8, 4) is 0 Å². The minimum Gasteiger partial charge on any atom is -0.357 e. The van der Waals surface area contributed by atoms with Gasteiger partial charge in [-0.3, -0.25) is 9.69 Å². The maximum Gasteiger partial charge on any atom is 0.325 e. The highest BCUT2D eigenvalue weighted by atomic mass is 32.1. The van der Waals surface area contributed by atoms with Gasteiger partial charge in [-0.1, -0.05) is 13.0 Å². The summed E-state index contributed by atoms with van der Waals surface area (Å²) in [6.45, 7) is 8.13. The lowest BCUT2D eigenvalue weighted by atomic mass is 9.99. The summed E-state index contributed by atoms with van der Waals surface area (Å²) in [6, 6.07) is 3.77. The van der Waals surface area contributed by atoms with E-state index in [1.54, 1.807) is 18.3 Å². The second kappa shape index (κ2) is 8.84. The van der Waals surface area contributed by atoms with E-state index in [9.17, 15) is 9.59 Å². The SMILES string of the molecule is CCNC(=NCc1cccs1)NCCCN1C(=O)NC(C)(CC)C1=O. The Bertz CT molecular complexity index is 617. The van der Waals surface area contributed by atoms with Gasteiger partial charge in [0.15, 0.2) is 5.96 Å². The lowest BCUT2D eigenvalue weighted by Crippen LogP contribution is -2.43. The van der Waals surface area contributed by atoms with E-state index in [4.69, 9.17) is 0 Å². The smallest absolute Gasteiger partial charge is 0.325 e. The normalized spacial score (nSPS) is 20.8. The van der Waals surface area contributed by atoms with Gasteiger partial charge < -0.3 is 16.0 Å². The molecule has 3 amide bonds. The molecule has 3 N–H and O–H groups in total. The average Bonchev–Trinajstić information content (AvgIpc) is 3.18. The number of hydrogen-bond acceptors (Lipinski definition) is 4. The standard InChI is InChI=1S/C17H27N5O2S/c1-4-17(3)14(23)22(16(24)21-17)10-7-9-19-15(18-5-2)20-12-13-8-6-11-25-13/h6,8,11H,4-5,7,9-10,12H2,1-3H3,(H,21,24)(H2,18,19,20). The predicted octanol–water partition coefficient (Wildman–Crippen LogP) is 1.91. The number of nitrogens with one attached hydrogen (secondary N) is 3. The van der Waals surface area contributed by atoms with Gasteiger partial charge in [0.05, 0.1) is 6.54 Å². The van der Waals surface area contributed by atoms with Crippen LogP contribution in [0, 0.1) is 0 Å². The minimum atomic E-state index is -0.762. The monoisotopic (exact) mass is 365 g/mol. The Hall–Kier alpha value is -2.09. The molecule has 138 valence electrons. The van der Waals surface area contributed by atoms with Gasteiger partial charge in [0.25, 0.3) is 5.91 Å². The number of imide groups is 1. The van der Waals surface area contributed by atoms with Crippen LogP contribution in [0.3, 0.4) is 0 Å². The van der Waals surface area contributed by atoms with Gasteiger partial charge in [-0.25, -0.2) is 9.79 Å². The van der Waals surface area contributed by atoms with Gasteiger partial charge in [0.1, 0.15) is 5.54 Å². The Morgan fingerprint density at radius 1 is 1.36 bits per heavy atom. The zero-order valence-corrected chi connectivity index (χ0v) is 15.9. The first-order valence-corrected chi connectivity index (χ1v) is 9.56. The van der Waals surface area contributed by atoms with Crippen LogP contribution in [0.25, 0.3) is 0 Å². The Morgan fingerprint density at radius 2 is 2.16 bits per heavy atom. The molecule has 0 spiro atoms. The van der Waals surface area contributed by atoms with Crippen LogP contribution in [0.4, 0.5) is 4.79 Å². The topological polar surface area (TPSA) is 85.8 Å². The van der Waals surface area contributed by atoms with Gasteiger partial charge >= 0.3 is 6.03 Å². The molecule has 0 radical (unpaired) electrons. The molecule has 1 aliphatic heterocycles. The van der Waals surface area contributed by atoms with E-state index in [2.05, 4.69) is 27.0 Å². The number of rotatable bonds is 8. The molecule has 0 aromatic carbocycles. The molecule has 2 rings (SSSR count). The van der Waals surface area contributed by atoms with Crippen molar-refractivity contribution in [1.29, 1.82) is 0 Å². The van der Waals surface area contributed by atoms with Crippen LogP contribution in [0.15, 0.2) is 22.5 Å². The summed E-state index contributed by atoms with van der Waals surface area (Å²) in [5, 5.41) is 11.2. The minimum absolute atomic E-state index is 0.140. The molecule has 0 saturated carbocycles. The Morgan fingerprint density at radius 3 is 2.76 bits per heavy atom. The summed E-state index contributed by atoms with van der Waals surface area (Å²) >= 11 is 1.68. The Balaban J connectivity index is 1.79. The van der Waals surface area contributed by atoms with E-state index < -0.39 is 5.54 Å². The van der Waals surface area contributed by atoms with Gasteiger partial charge in [0.2, 0.25) is 0 Å². The van der Waals surface area contributed by atoms with E-state index >= 15 is 0 Å². The first-order valence-electron chi connectivity index (χ1n) is 8.69. The second-order valence-electron chi connectivity index (χ2n) is 6.13. The highest BCUT2D eigenvalue weighted by Crippen LogP contribution is 2.20. The molecule has 8 heteroatoms. The van der Waals surface area contributed by atoms with Gasteiger partial charge in [0, 0.05) is 24.5 Å². The second-order valence-corrected chi connectivity index (χ2v) is 7.16. The van der Waals surface area contributed by atoms with Crippen molar-refractivity contribution < 1.29 is 9.59 Å². The van der Waals surface area contributed by atoms with Crippen LogP contribution in [0.2, 0.25) is 0 Å². The van der Waals surface area contributed by atoms with Crippen molar-refractivity contribution >= 4 is 29.2 Å². The lowest BCUT2D eigenvalue weighted by Gasteiger charge is -2.19. The van der Waals surface area contributed by atoms with Crippen LogP contribution >= 0.6 is 11.3 Å². The Kier molecular flexibility index (Phi) is 6.81. The molecular weight excluding hydrogens is 338 g/mol. The maximum atomic E-state index is 12.3. The molecule has 1 aliphatic rings. The van der Waals surface area contributed by atoms with Crippen LogP contribution < -0.4 is 16.0 Å². The first-order chi connectivity index (χ1) is 12.0. The maximum absolute atomic E-state index is 12.3. The van der Waals surface area contributed by atoms with E-state index in [-0.39, 0.29) is 11.9 Å². The number of hydrogen-bond donors (Lipinski definition) is 3. The molecule has 0 bridgehead atoms. The molecular formula is C17H27N5O2S. The van der Waals surface area contributed by atoms with Gasteiger partial charge in [-0.2, -0.15) is 0 Å². The van der Waals surface area contributed by atoms with Gasteiger partial charge in [-0.05, 0) is 38.1 Å². The number of carbonyl (C=O) groups excluding carboxylic acids is 2. The number of thiophene rings is 1. The summed E-state index contributed by atoms with van der Waals surface area (Å²) in [7, 11) is 0. The summed E-state index contributed by atoms with van der Waals surface area (Å²) in [5.41, 5.74) is -0.762. The summed E-state index contributed by atoms with van der Waals surface area (Å²) in [4.78, 5) is 31.3. The fourth-order valence-electron chi connectivity index (χ4n) is 2.53. The number of nitrogens with zero attached hydrogens (tertiary/aromatic N) is 2. The average molecular weight is 366 g/mol. The van der Waals surface area contributed by atoms with Crippen molar-refractivity contribution in [3.63, 3.8) is 0 Å². The fraction of sp³-hybridized carbons (Fsp3) is 0.588. The van der Waals surface area contributed by atoms with E-state index in [0.717, 1.165) is 12.5 Å². The number of aliphatic imine (C=N–C) groups is 1. The quantitative estimate of drug-likeness (QED) is 0.284. The van der Waals surface area contributed by atoms with Crippen LogP contribution in [0.1, 0.15) is 38.5 Å². The number of guanidine groups is 1. The van der Waals surface area contributed by atoms with Crippen LogP contribution in [0.5, 0.6) is 0 Å². The summed E-state index contributed by atoms with van der Waals surface area (Å²) in [6.07, 6.45) is 1.26. The molecule has 1 atom stereocenters. The third-order valence-corrected chi connectivity index (χ3v) is 5.08. The molecule has 1 fully saturated rings. The van der Waals surface area contributed by atoms with Crippen molar-refractivity contribution in [2.75, 3.05) is 19.6 Å². The summed E-state index contributed by atoms with van der Waals surface area (Å²) < 4.78 is 0. The van der Waals surface area contributed by atoms with Crippen molar-refractivity contribution in [3.05, 3.63) is 22.4 Å². The fourth-order valence-corrected chi connectivity index (χ4v) is 3.16. The van der Waals surface area contributed by atoms with E-state index in [1.807, 2.05) is 25.3 Å². The van der Waals surface area contributed by atoms with Gasteiger partial charge in [-0.15, -0.1) is 11.3 Å². The molecule has 1 aromatic rings. The van der Waals surface area contributed by atoms with Crippen LogP contribution in [-0.4, -0.2) is 48.0 Å². The molecule has 1 aromatic heterocycles. The van der Waals surface area contributed by atoms with Crippen molar-refractivity contribution in [2.45, 2.75) is 45.7 Å². The molecule has 7 nitrogen and oxygen atoms in total. The van der Waals surface area contributed by atoms with E-state index in [0.29, 0.717) is 32.5 Å². The predicted molar refractivity (Wildman–Crippen MR) is 101 cm³/mol. The summed E-state index contributed by atoms with van der Waals surface area (Å²) in [5.74, 6) is 0.602. The molecule has 0 aliphatic carbocycles. The number of amides is 3. The third kappa shape index (κ3) is 4.94.